The van der Waals surface area contributed by atoms with E-state index >= 15 is 0 Å². The largest absolute Gasteiger partial charge is 0.339 e. The van der Waals surface area contributed by atoms with Crippen molar-refractivity contribution in [2.75, 3.05) is 12.3 Å². The molecule has 1 aliphatic rings. The third-order valence-corrected chi connectivity index (χ3v) is 6.78. The molecule has 1 aliphatic heterocycles. The normalized spacial score (nSPS) is 18.2. The number of nitrogens with zero attached hydrogens (tertiary/aromatic N) is 3. The summed E-state index contributed by atoms with van der Waals surface area (Å²) in [5.41, 5.74) is 1.43. The Morgan fingerprint density at radius 3 is 2.81 bits per heavy atom. The van der Waals surface area contributed by atoms with Crippen molar-refractivity contribution in [3.8, 4) is 0 Å². The maximum absolute atomic E-state index is 12.6. The van der Waals surface area contributed by atoms with Crippen molar-refractivity contribution in [3.63, 3.8) is 0 Å². The molecule has 1 saturated heterocycles. The summed E-state index contributed by atoms with van der Waals surface area (Å²) in [6.45, 7) is 5.74. The van der Waals surface area contributed by atoms with Gasteiger partial charge in [0.1, 0.15) is 0 Å². The van der Waals surface area contributed by atoms with Crippen molar-refractivity contribution in [1.82, 2.24) is 14.5 Å². The molecule has 0 aliphatic carbocycles. The molecule has 0 spiro atoms. The Bertz CT molecular complexity index is 939. The number of piperidine rings is 1. The highest BCUT2D eigenvalue weighted by molar-refractivity contribution is 7.99. The summed E-state index contributed by atoms with van der Waals surface area (Å²) in [6.07, 6.45) is 4.20. The average molecular weight is 411 g/mol. The van der Waals surface area contributed by atoms with Gasteiger partial charge in [-0.3, -0.25) is 4.79 Å². The molecule has 1 fully saturated rings. The van der Waals surface area contributed by atoms with Gasteiger partial charge in [0, 0.05) is 19.1 Å². The zero-order chi connectivity index (χ0) is 19.6. The van der Waals surface area contributed by atoms with E-state index in [2.05, 4.69) is 18.8 Å². The number of rotatable bonds is 6. The fraction of sp³-hybridized carbons (Fsp3) is 0.556. The molecule has 2 heterocycles. The predicted octanol–water partition coefficient (Wildman–Crippen LogP) is 2.59. The van der Waals surface area contributed by atoms with Crippen LogP contribution >= 0.6 is 11.8 Å². The first kappa shape index (κ1) is 20.2. The van der Waals surface area contributed by atoms with Crippen LogP contribution < -0.4 is 5.14 Å². The molecule has 0 saturated carbocycles. The van der Waals surface area contributed by atoms with E-state index in [9.17, 15) is 13.2 Å². The number of amides is 1. The summed E-state index contributed by atoms with van der Waals surface area (Å²) >= 11 is 1.41. The standard InChI is InChI=1S/C18H26N4O3S2/c1-3-9-22-16-8-7-14(27(19,24)25)11-15(16)20-18(22)26-12-17(23)21-10-5-4-6-13(21)2/h7-8,11,13H,3-6,9-10,12H2,1-2H3,(H2,19,24,25). The topological polar surface area (TPSA) is 98.3 Å². The van der Waals surface area contributed by atoms with Gasteiger partial charge in [0.15, 0.2) is 5.16 Å². The van der Waals surface area contributed by atoms with Gasteiger partial charge in [0.05, 0.1) is 21.7 Å². The molecule has 3 rings (SSSR count). The fourth-order valence-corrected chi connectivity index (χ4v) is 4.95. The highest BCUT2D eigenvalue weighted by Gasteiger charge is 2.24. The van der Waals surface area contributed by atoms with Crippen molar-refractivity contribution < 1.29 is 13.2 Å². The average Bonchev–Trinajstić information content (AvgIpc) is 2.97. The lowest BCUT2D eigenvalue weighted by molar-refractivity contribution is -0.131. The minimum atomic E-state index is -3.77. The van der Waals surface area contributed by atoms with Crippen LogP contribution in [0.2, 0.25) is 0 Å². The fourth-order valence-electron chi connectivity index (χ4n) is 3.49. The molecule has 7 nitrogen and oxygen atoms in total. The van der Waals surface area contributed by atoms with Crippen LogP contribution in [0.1, 0.15) is 39.5 Å². The molecule has 27 heavy (non-hydrogen) atoms. The Kier molecular flexibility index (Phi) is 6.12. The van der Waals surface area contributed by atoms with E-state index in [0.29, 0.717) is 17.3 Å². The first-order valence-corrected chi connectivity index (χ1v) is 11.8. The first-order valence-electron chi connectivity index (χ1n) is 9.26. The van der Waals surface area contributed by atoms with E-state index in [-0.39, 0.29) is 10.8 Å². The quantitative estimate of drug-likeness (QED) is 0.738. The van der Waals surface area contributed by atoms with Crippen LogP contribution in [0.5, 0.6) is 0 Å². The van der Waals surface area contributed by atoms with Gasteiger partial charge in [-0.25, -0.2) is 18.5 Å². The van der Waals surface area contributed by atoms with Gasteiger partial charge in [-0.1, -0.05) is 18.7 Å². The number of hydrogen-bond donors (Lipinski definition) is 1. The molecule has 1 aromatic carbocycles. The number of benzene rings is 1. The van der Waals surface area contributed by atoms with E-state index in [1.807, 2.05) is 9.47 Å². The van der Waals surface area contributed by atoms with Gasteiger partial charge in [0.2, 0.25) is 15.9 Å². The number of thioether (sulfide) groups is 1. The Labute approximate surface area is 164 Å². The summed E-state index contributed by atoms with van der Waals surface area (Å²) in [7, 11) is -3.77. The Balaban J connectivity index is 1.84. The molecule has 2 N–H and O–H groups in total. The second kappa shape index (κ2) is 8.20. The van der Waals surface area contributed by atoms with Crippen LogP contribution in [0.15, 0.2) is 28.3 Å². The summed E-state index contributed by atoms with van der Waals surface area (Å²) < 4.78 is 25.2. The van der Waals surface area contributed by atoms with Gasteiger partial charge in [0.25, 0.3) is 0 Å². The monoisotopic (exact) mass is 410 g/mol. The minimum absolute atomic E-state index is 0.0471. The first-order chi connectivity index (χ1) is 12.8. The molecule has 0 bridgehead atoms. The van der Waals surface area contributed by atoms with Gasteiger partial charge >= 0.3 is 0 Å². The van der Waals surface area contributed by atoms with Crippen molar-refractivity contribution in [3.05, 3.63) is 18.2 Å². The lowest BCUT2D eigenvalue weighted by Gasteiger charge is -2.33. The van der Waals surface area contributed by atoms with E-state index in [0.717, 1.165) is 43.0 Å². The molecule has 1 atom stereocenters. The van der Waals surface area contributed by atoms with Crippen LogP contribution in [0.3, 0.4) is 0 Å². The number of hydrogen-bond acceptors (Lipinski definition) is 5. The van der Waals surface area contributed by atoms with Gasteiger partial charge in [-0.2, -0.15) is 0 Å². The van der Waals surface area contributed by atoms with Crippen LogP contribution in [0.25, 0.3) is 11.0 Å². The van der Waals surface area contributed by atoms with Crippen molar-refractivity contribution in [1.29, 1.82) is 0 Å². The van der Waals surface area contributed by atoms with Gasteiger partial charge in [-0.15, -0.1) is 0 Å². The smallest absolute Gasteiger partial charge is 0.238 e. The molecule has 0 radical (unpaired) electrons. The van der Waals surface area contributed by atoms with E-state index in [4.69, 9.17) is 5.14 Å². The zero-order valence-electron chi connectivity index (χ0n) is 15.7. The summed E-state index contributed by atoms with van der Waals surface area (Å²) in [5.74, 6) is 0.465. The van der Waals surface area contributed by atoms with Crippen LogP contribution in [-0.4, -0.2) is 47.1 Å². The molecular weight excluding hydrogens is 384 g/mol. The van der Waals surface area contributed by atoms with E-state index < -0.39 is 10.0 Å². The molecular formula is C18H26N4O3S2. The number of likely N-dealkylation sites (tertiary alicyclic amines) is 1. The Morgan fingerprint density at radius 2 is 2.15 bits per heavy atom. The maximum atomic E-state index is 12.6. The Morgan fingerprint density at radius 1 is 1.37 bits per heavy atom. The number of fused-ring (bicyclic) bond motifs is 1. The number of sulfonamides is 1. The third kappa shape index (κ3) is 4.47. The maximum Gasteiger partial charge on any atom is 0.238 e. The number of nitrogens with two attached hydrogens (primary N) is 1. The highest BCUT2D eigenvalue weighted by atomic mass is 32.2. The predicted molar refractivity (Wildman–Crippen MR) is 107 cm³/mol. The van der Waals surface area contributed by atoms with Gasteiger partial charge < -0.3 is 9.47 Å². The van der Waals surface area contributed by atoms with E-state index in [1.54, 1.807) is 6.07 Å². The number of primary sulfonamides is 1. The van der Waals surface area contributed by atoms with Crippen LogP contribution in [0, 0.1) is 0 Å². The summed E-state index contributed by atoms with van der Waals surface area (Å²) in [6, 6.07) is 5.02. The molecule has 9 heteroatoms. The van der Waals surface area contributed by atoms with Crippen LogP contribution in [0.4, 0.5) is 0 Å². The van der Waals surface area contributed by atoms with Crippen molar-refractivity contribution >= 4 is 38.7 Å². The number of carbonyl (C=O) groups is 1. The van der Waals surface area contributed by atoms with Crippen LogP contribution in [-0.2, 0) is 21.4 Å². The lowest BCUT2D eigenvalue weighted by Crippen LogP contribution is -2.42. The highest BCUT2D eigenvalue weighted by Crippen LogP contribution is 2.27. The molecule has 148 valence electrons. The number of aromatic nitrogens is 2. The zero-order valence-corrected chi connectivity index (χ0v) is 17.4. The Hall–Kier alpha value is -1.58. The number of imidazole rings is 1. The van der Waals surface area contributed by atoms with Gasteiger partial charge in [-0.05, 0) is 50.8 Å². The second-order valence-electron chi connectivity index (χ2n) is 6.96. The minimum Gasteiger partial charge on any atom is -0.339 e. The second-order valence-corrected chi connectivity index (χ2v) is 9.47. The molecule has 1 unspecified atom stereocenters. The SMILES string of the molecule is CCCn1c(SCC(=O)N2CCCCC2C)nc2cc(S(N)(=O)=O)ccc21. The summed E-state index contributed by atoms with van der Waals surface area (Å²) in [4.78, 5) is 19.2. The molecule has 1 aromatic heterocycles. The number of aryl methyl sites for hydroxylation is 1. The molecule has 2 aromatic rings. The lowest BCUT2D eigenvalue weighted by atomic mass is 10.0. The third-order valence-electron chi connectivity index (χ3n) is 4.91. The molecule has 1 amide bonds. The summed E-state index contributed by atoms with van der Waals surface area (Å²) in [5, 5.41) is 5.96. The van der Waals surface area contributed by atoms with E-state index in [1.165, 1.54) is 30.3 Å². The van der Waals surface area contributed by atoms with Crippen molar-refractivity contribution in [2.24, 2.45) is 5.14 Å². The number of carbonyl (C=O) groups excluding carboxylic acids is 1. The van der Waals surface area contributed by atoms with Crippen molar-refractivity contribution in [2.45, 2.75) is 62.2 Å².